The Morgan fingerprint density at radius 2 is 1.41 bits per heavy atom. The summed E-state index contributed by atoms with van der Waals surface area (Å²) in [4.78, 5) is 10.7. The Kier molecular flexibility index (Phi) is 2.08. The van der Waals surface area contributed by atoms with Crippen molar-refractivity contribution in [2.75, 3.05) is 5.73 Å². The fourth-order valence-electron chi connectivity index (χ4n) is 2.11. The van der Waals surface area contributed by atoms with E-state index in [2.05, 4.69) is 12.1 Å². The van der Waals surface area contributed by atoms with E-state index in [-0.39, 0.29) is 0 Å². The predicted octanol–water partition coefficient (Wildman–Crippen LogP) is 3.39. The van der Waals surface area contributed by atoms with Crippen LogP contribution in [0.3, 0.4) is 0 Å². The molecule has 0 amide bonds. The Morgan fingerprint density at radius 1 is 0.765 bits per heavy atom. The number of anilines is 1. The zero-order valence-corrected chi connectivity index (χ0v) is 9.18. The monoisotopic (exact) mass is 221 g/mol. The number of carbonyl (C=O) groups is 1. The normalized spacial score (nSPS) is 10.8. The maximum atomic E-state index is 10.7. The third-order valence-electron chi connectivity index (χ3n) is 2.98. The van der Waals surface area contributed by atoms with Gasteiger partial charge in [-0.3, -0.25) is 4.79 Å². The van der Waals surface area contributed by atoms with Gasteiger partial charge in [-0.25, -0.2) is 0 Å². The Labute approximate surface area is 98.7 Å². The number of carbonyl (C=O) groups excluding carboxylic acids is 1. The van der Waals surface area contributed by atoms with Gasteiger partial charge in [0, 0.05) is 11.3 Å². The molecule has 0 fully saturated rings. The molecule has 0 saturated heterocycles. The van der Waals surface area contributed by atoms with E-state index >= 15 is 0 Å². The molecule has 2 N–H and O–H groups in total. The summed E-state index contributed by atoms with van der Waals surface area (Å²) in [7, 11) is 0. The summed E-state index contributed by atoms with van der Waals surface area (Å²) in [6.45, 7) is 0. The van der Waals surface area contributed by atoms with Crippen LogP contribution in [0.2, 0.25) is 0 Å². The van der Waals surface area contributed by atoms with Crippen molar-refractivity contribution in [2.45, 2.75) is 0 Å². The quantitative estimate of drug-likeness (QED) is 0.389. The second kappa shape index (κ2) is 3.59. The van der Waals surface area contributed by atoms with E-state index < -0.39 is 0 Å². The van der Waals surface area contributed by atoms with Crippen LogP contribution in [0.4, 0.5) is 5.69 Å². The lowest BCUT2D eigenvalue weighted by Gasteiger charge is -2.04. The Bertz CT molecular complexity index is 731. The lowest BCUT2D eigenvalue weighted by molar-refractivity contribution is 0.112. The largest absolute Gasteiger partial charge is 0.399 e. The molecule has 0 radical (unpaired) electrons. The van der Waals surface area contributed by atoms with Crippen LogP contribution >= 0.6 is 0 Å². The zero-order chi connectivity index (χ0) is 11.8. The van der Waals surface area contributed by atoms with Crippen molar-refractivity contribution < 1.29 is 4.79 Å². The van der Waals surface area contributed by atoms with Crippen LogP contribution in [-0.2, 0) is 0 Å². The number of nitrogen functional groups attached to an aromatic ring is 1. The maximum absolute atomic E-state index is 10.7. The molecule has 0 heterocycles. The number of aldehydes is 1. The third-order valence-corrected chi connectivity index (χ3v) is 2.98. The lowest BCUT2D eigenvalue weighted by Crippen LogP contribution is -1.85. The molecule has 3 rings (SSSR count). The molecule has 2 heteroatoms. The van der Waals surface area contributed by atoms with E-state index in [1.165, 1.54) is 0 Å². The van der Waals surface area contributed by atoms with Gasteiger partial charge in [0.2, 0.25) is 0 Å². The summed E-state index contributed by atoms with van der Waals surface area (Å²) < 4.78 is 0. The Morgan fingerprint density at radius 3 is 2.18 bits per heavy atom. The van der Waals surface area contributed by atoms with Crippen molar-refractivity contribution >= 4 is 33.5 Å². The van der Waals surface area contributed by atoms with Gasteiger partial charge in [0.25, 0.3) is 0 Å². The number of benzene rings is 3. The second-order valence-corrected chi connectivity index (χ2v) is 4.18. The van der Waals surface area contributed by atoms with Crippen LogP contribution < -0.4 is 5.73 Å². The molecule has 0 aliphatic heterocycles. The van der Waals surface area contributed by atoms with Gasteiger partial charge in [-0.1, -0.05) is 18.2 Å². The highest BCUT2D eigenvalue weighted by Crippen LogP contribution is 2.25. The highest BCUT2D eigenvalue weighted by atomic mass is 16.1. The molecular weight excluding hydrogens is 210 g/mol. The number of hydrogen-bond acceptors (Lipinski definition) is 2. The van der Waals surface area contributed by atoms with Gasteiger partial charge in [0.1, 0.15) is 6.29 Å². The van der Waals surface area contributed by atoms with Crippen molar-refractivity contribution in [1.29, 1.82) is 0 Å². The molecule has 0 atom stereocenters. The van der Waals surface area contributed by atoms with Crippen molar-refractivity contribution in [3.05, 3.63) is 54.1 Å². The zero-order valence-electron chi connectivity index (χ0n) is 9.18. The average Bonchev–Trinajstić information content (AvgIpc) is 2.35. The minimum Gasteiger partial charge on any atom is -0.399 e. The number of hydrogen-bond donors (Lipinski definition) is 1. The minimum absolute atomic E-state index is 0.695. The molecule has 0 bridgehead atoms. The molecule has 0 aliphatic rings. The van der Waals surface area contributed by atoms with E-state index in [4.69, 9.17) is 5.73 Å². The number of nitrogens with two attached hydrogens (primary N) is 1. The van der Waals surface area contributed by atoms with Gasteiger partial charge >= 0.3 is 0 Å². The van der Waals surface area contributed by atoms with Gasteiger partial charge in [-0.05, 0) is 51.9 Å². The van der Waals surface area contributed by atoms with Gasteiger partial charge in [0.05, 0.1) is 0 Å². The summed E-state index contributed by atoms with van der Waals surface area (Å²) in [6.07, 6.45) is 0.864. The molecule has 3 aromatic rings. The molecular formula is C15H11NO. The number of rotatable bonds is 1. The number of fused-ring (bicyclic) bond motifs is 2. The lowest BCUT2D eigenvalue weighted by atomic mass is 10.0. The molecule has 82 valence electrons. The summed E-state index contributed by atoms with van der Waals surface area (Å²) in [5.41, 5.74) is 7.22. The first-order chi connectivity index (χ1) is 8.26. The van der Waals surface area contributed by atoms with Crippen LogP contribution in [0, 0.1) is 0 Å². The highest BCUT2D eigenvalue weighted by Gasteiger charge is 2.00. The molecule has 0 aromatic heterocycles. The molecule has 0 aliphatic carbocycles. The van der Waals surface area contributed by atoms with Crippen molar-refractivity contribution in [3.63, 3.8) is 0 Å². The molecule has 3 aromatic carbocycles. The van der Waals surface area contributed by atoms with Crippen LogP contribution in [0.25, 0.3) is 21.5 Å². The van der Waals surface area contributed by atoms with E-state index in [9.17, 15) is 4.79 Å². The second-order valence-electron chi connectivity index (χ2n) is 4.18. The molecule has 2 nitrogen and oxygen atoms in total. The standard InChI is InChI=1S/C15H11NO/c16-15-4-3-12-6-11-2-1-10(9-17)5-13(11)7-14(12)8-15/h1-9H,16H2. The first-order valence-corrected chi connectivity index (χ1v) is 5.44. The molecule has 0 unspecified atom stereocenters. The fourth-order valence-corrected chi connectivity index (χ4v) is 2.11. The van der Waals surface area contributed by atoms with Crippen LogP contribution in [-0.4, -0.2) is 6.29 Å². The van der Waals surface area contributed by atoms with Crippen molar-refractivity contribution in [1.82, 2.24) is 0 Å². The predicted molar refractivity (Wildman–Crippen MR) is 71.3 cm³/mol. The first-order valence-electron chi connectivity index (χ1n) is 5.44. The van der Waals surface area contributed by atoms with Gasteiger partial charge in [0.15, 0.2) is 0 Å². The maximum Gasteiger partial charge on any atom is 0.150 e. The van der Waals surface area contributed by atoms with E-state index in [0.29, 0.717) is 5.56 Å². The smallest absolute Gasteiger partial charge is 0.150 e. The topological polar surface area (TPSA) is 43.1 Å². The Hall–Kier alpha value is -2.35. The van der Waals surface area contributed by atoms with Crippen LogP contribution in [0.5, 0.6) is 0 Å². The SMILES string of the molecule is Nc1ccc2cc3ccc(C=O)cc3cc2c1. The van der Waals surface area contributed by atoms with Gasteiger partial charge in [-0.15, -0.1) is 0 Å². The Balaban J connectivity index is 2.39. The van der Waals surface area contributed by atoms with E-state index in [1.54, 1.807) is 0 Å². The van der Waals surface area contributed by atoms with Crippen molar-refractivity contribution in [3.8, 4) is 0 Å². The summed E-state index contributed by atoms with van der Waals surface area (Å²) in [5.74, 6) is 0. The van der Waals surface area contributed by atoms with E-state index in [0.717, 1.165) is 33.5 Å². The van der Waals surface area contributed by atoms with E-state index in [1.807, 2.05) is 36.4 Å². The molecule has 0 saturated carbocycles. The minimum atomic E-state index is 0.695. The summed E-state index contributed by atoms with van der Waals surface area (Å²) >= 11 is 0. The van der Waals surface area contributed by atoms with Gasteiger partial charge in [-0.2, -0.15) is 0 Å². The summed E-state index contributed by atoms with van der Waals surface area (Å²) in [5, 5.41) is 4.45. The third kappa shape index (κ3) is 1.64. The first kappa shape index (κ1) is 9.85. The van der Waals surface area contributed by atoms with Crippen LogP contribution in [0.1, 0.15) is 10.4 Å². The molecule has 17 heavy (non-hydrogen) atoms. The van der Waals surface area contributed by atoms with Crippen molar-refractivity contribution in [2.24, 2.45) is 0 Å². The fraction of sp³-hybridized carbons (Fsp3) is 0. The highest BCUT2D eigenvalue weighted by molar-refractivity contribution is 6.00. The molecule has 0 spiro atoms. The van der Waals surface area contributed by atoms with Crippen LogP contribution in [0.15, 0.2) is 48.5 Å². The van der Waals surface area contributed by atoms with Gasteiger partial charge < -0.3 is 5.73 Å². The average molecular weight is 221 g/mol. The summed E-state index contributed by atoms with van der Waals surface area (Å²) in [6, 6.07) is 15.7.